The summed E-state index contributed by atoms with van der Waals surface area (Å²) >= 11 is 0. The Labute approximate surface area is 166 Å². The second-order valence-corrected chi connectivity index (χ2v) is 6.07. The highest BCUT2D eigenvalue weighted by molar-refractivity contribution is 5.95. The molecule has 0 aromatic heterocycles. The van der Waals surface area contributed by atoms with E-state index in [9.17, 15) is 9.90 Å². The molecule has 1 amide bonds. The molecule has 0 fully saturated rings. The molecule has 2 aromatic carbocycles. The van der Waals surface area contributed by atoms with Crippen LogP contribution in [0, 0.1) is 0 Å². The number of amides is 1. The highest BCUT2D eigenvalue weighted by atomic mass is 16.5. The molecule has 0 radical (unpaired) electrons. The van der Waals surface area contributed by atoms with E-state index in [-0.39, 0.29) is 5.91 Å². The lowest BCUT2D eigenvalue weighted by atomic mass is 10.1. The minimum atomic E-state index is -0.625. The number of aliphatic hydroxyl groups is 1. The fourth-order valence-corrected chi connectivity index (χ4v) is 2.79. The van der Waals surface area contributed by atoms with Gasteiger partial charge in [-0.2, -0.15) is 0 Å². The van der Waals surface area contributed by atoms with E-state index in [0.29, 0.717) is 55.6 Å². The third kappa shape index (κ3) is 5.89. The molecule has 2 aromatic rings. The van der Waals surface area contributed by atoms with Gasteiger partial charge >= 0.3 is 0 Å². The van der Waals surface area contributed by atoms with Gasteiger partial charge < -0.3 is 24.6 Å². The van der Waals surface area contributed by atoms with Crippen LogP contribution in [0.1, 0.15) is 49.2 Å². The highest BCUT2D eigenvalue weighted by Crippen LogP contribution is 2.39. The summed E-state index contributed by atoms with van der Waals surface area (Å²) in [5.41, 5.74) is 1.25. The fraction of sp³-hybridized carbons (Fsp3) is 0.409. The molecule has 0 aliphatic heterocycles. The molecule has 152 valence electrons. The third-order valence-electron chi connectivity index (χ3n) is 4.06. The van der Waals surface area contributed by atoms with Crippen LogP contribution >= 0.6 is 0 Å². The summed E-state index contributed by atoms with van der Waals surface area (Å²) < 4.78 is 16.9. The van der Waals surface area contributed by atoms with Crippen LogP contribution in [-0.2, 0) is 0 Å². The van der Waals surface area contributed by atoms with Crippen LogP contribution < -0.4 is 19.5 Å². The zero-order valence-electron chi connectivity index (χ0n) is 16.7. The summed E-state index contributed by atoms with van der Waals surface area (Å²) in [5, 5.41) is 13.1. The van der Waals surface area contributed by atoms with E-state index in [0.717, 1.165) is 5.56 Å². The lowest BCUT2D eigenvalue weighted by Gasteiger charge is -2.17. The van der Waals surface area contributed by atoms with Gasteiger partial charge in [0, 0.05) is 12.1 Å². The van der Waals surface area contributed by atoms with Gasteiger partial charge in [0.25, 0.3) is 5.91 Å². The van der Waals surface area contributed by atoms with Crippen molar-refractivity contribution in [2.45, 2.75) is 33.3 Å². The molecule has 0 heterocycles. The van der Waals surface area contributed by atoms with Crippen LogP contribution in [-0.4, -0.2) is 37.4 Å². The molecule has 2 rings (SSSR count). The van der Waals surface area contributed by atoms with Crippen molar-refractivity contribution < 1.29 is 24.1 Å². The normalized spacial score (nSPS) is 11.6. The number of hydrogen-bond donors (Lipinski definition) is 2. The summed E-state index contributed by atoms with van der Waals surface area (Å²) in [7, 11) is 0. The molecule has 28 heavy (non-hydrogen) atoms. The SMILES string of the molecule is CCOc1cc(C(=O)NCCC(O)c2ccccc2)cc(OCC)c1OCC. The van der Waals surface area contributed by atoms with Crippen LogP contribution in [0.5, 0.6) is 17.2 Å². The van der Waals surface area contributed by atoms with Crippen molar-refractivity contribution in [2.75, 3.05) is 26.4 Å². The number of carbonyl (C=O) groups is 1. The number of carbonyl (C=O) groups excluding carboxylic acids is 1. The van der Waals surface area contributed by atoms with E-state index in [2.05, 4.69) is 5.32 Å². The Hall–Kier alpha value is -2.73. The predicted molar refractivity (Wildman–Crippen MR) is 108 cm³/mol. The molecule has 0 spiro atoms. The van der Waals surface area contributed by atoms with Gasteiger partial charge in [-0.05, 0) is 44.9 Å². The van der Waals surface area contributed by atoms with Crippen molar-refractivity contribution in [3.8, 4) is 17.2 Å². The minimum absolute atomic E-state index is 0.259. The van der Waals surface area contributed by atoms with Crippen molar-refractivity contribution in [1.82, 2.24) is 5.32 Å². The van der Waals surface area contributed by atoms with Crippen molar-refractivity contribution >= 4 is 5.91 Å². The zero-order valence-corrected chi connectivity index (χ0v) is 16.7. The van der Waals surface area contributed by atoms with Crippen LogP contribution in [0.2, 0.25) is 0 Å². The standard InChI is InChI=1S/C22H29NO5/c1-4-26-19-14-17(15-20(27-5-2)21(19)28-6-3)22(25)23-13-12-18(24)16-10-8-7-9-11-16/h7-11,14-15,18,24H,4-6,12-13H2,1-3H3,(H,23,25). The summed E-state index contributed by atoms with van der Waals surface area (Å²) in [6.07, 6.45) is -0.205. The molecule has 0 saturated carbocycles. The van der Waals surface area contributed by atoms with E-state index in [1.54, 1.807) is 12.1 Å². The summed E-state index contributed by atoms with van der Waals surface area (Å²) in [5.74, 6) is 1.20. The number of ether oxygens (including phenoxy) is 3. The average Bonchev–Trinajstić information content (AvgIpc) is 2.71. The first kappa shape index (κ1) is 21.6. The van der Waals surface area contributed by atoms with Gasteiger partial charge in [-0.15, -0.1) is 0 Å². The van der Waals surface area contributed by atoms with E-state index < -0.39 is 6.10 Å². The zero-order chi connectivity index (χ0) is 20.4. The van der Waals surface area contributed by atoms with E-state index >= 15 is 0 Å². The maximum atomic E-state index is 12.6. The second kappa shape index (κ2) is 11.2. The maximum absolute atomic E-state index is 12.6. The Morgan fingerprint density at radius 2 is 1.54 bits per heavy atom. The van der Waals surface area contributed by atoms with Crippen molar-refractivity contribution in [1.29, 1.82) is 0 Å². The first-order valence-electron chi connectivity index (χ1n) is 9.68. The van der Waals surface area contributed by atoms with E-state index in [1.807, 2.05) is 51.1 Å². The molecular weight excluding hydrogens is 358 g/mol. The Kier molecular flexibility index (Phi) is 8.62. The monoisotopic (exact) mass is 387 g/mol. The Morgan fingerprint density at radius 1 is 0.964 bits per heavy atom. The molecule has 0 bridgehead atoms. The molecule has 2 N–H and O–H groups in total. The summed E-state index contributed by atoms with van der Waals surface area (Å²) in [6.45, 7) is 7.31. The van der Waals surface area contributed by atoms with Crippen LogP contribution in [0.15, 0.2) is 42.5 Å². The molecule has 0 aliphatic rings. The van der Waals surface area contributed by atoms with Crippen LogP contribution in [0.4, 0.5) is 0 Å². The molecule has 6 nitrogen and oxygen atoms in total. The number of aliphatic hydroxyl groups excluding tert-OH is 1. The van der Waals surface area contributed by atoms with E-state index in [4.69, 9.17) is 14.2 Å². The first-order valence-corrected chi connectivity index (χ1v) is 9.68. The van der Waals surface area contributed by atoms with Gasteiger partial charge in [0.1, 0.15) is 0 Å². The van der Waals surface area contributed by atoms with Crippen molar-refractivity contribution in [2.24, 2.45) is 0 Å². The van der Waals surface area contributed by atoms with Gasteiger partial charge in [0.15, 0.2) is 11.5 Å². The molecular formula is C22H29NO5. The predicted octanol–water partition coefficient (Wildman–Crippen LogP) is 3.74. The fourth-order valence-electron chi connectivity index (χ4n) is 2.79. The van der Waals surface area contributed by atoms with Gasteiger partial charge in [-0.3, -0.25) is 4.79 Å². The molecule has 1 unspecified atom stereocenters. The molecule has 0 aliphatic carbocycles. The summed E-state index contributed by atoms with van der Waals surface area (Å²) in [4.78, 5) is 12.6. The smallest absolute Gasteiger partial charge is 0.251 e. The quantitative estimate of drug-likeness (QED) is 0.614. The van der Waals surface area contributed by atoms with Gasteiger partial charge in [0.2, 0.25) is 5.75 Å². The van der Waals surface area contributed by atoms with Crippen LogP contribution in [0.3, 0.4) is 0 Å². The van der Waals surface area contributed by atoms with Gasteiger partial charge in [-0.1, -0.05) is 30.3 Å². The number of benzene rings is 2. The average molecular weight is 387 g/mol. The minimum Gasteiger partial charge on any atom is -0.490 e. The first-order chi connectivity index (χ1) is 13.6. The lowest BCUT2D eigenvalue weighted by molar-refractivity contribution is 0.0941. The second-order valence-electron chi connectivity index (χ2n) is 6.07. The molecule has 6 heteroatoms. The summed E-state index contributed by atoms with van der Waals surface area (Å²) in [6, 6.07) is 12.7. The molecule has 0 saturated heterocycles. The van der Waals surface area contributed by atoms with E-state index in [1.165, 1.54) is 0 Å². The Balaban J connectivity index is 2.08. The van der Waals surface area contributed by atoms with Crippen LogP contribution in [0.25, 0.3) is 0 Å². The van der Waals surface area contributed by atoms with Crippen molar-refractivity contribution in [3.63, 3.8) is 0 Å². The third-order valence-corrected chi connectivity index (χ3v) is 4.06. The molecule has 1 atom stereocenters. The largest absolute Gasteiger partial charge is 0.490 e. The number of rotatable bonds is 11. The highest BCUT2D eigenvalue weighted by Gasteiger charge is 2.18. The maximum Gasteiger partial charge on any atom is 0.251 e. The van der Waals surface area contributed by atoms with Gasteiger partial charge in [0.05, 0.1) is 25.9 Å². The Bertz CT molecular complexity index is 721. The topological polar surface area (TPSA) is 77.0 Å². The van der Waals surface area contributed by atoms with Gasteiger partial charge in [-0.25, -0.2) is 0 Å². The Morgan fingerprint density at radius 3 is 2.07 bits per heavy atom. The number of hydrogen-bond acceptors (Lipinski definition) is 5. The van der Waals surface area contributed by atoms with Crippen molar-refractivity contribution in [3.05, 3.63) is 53.6 Å². The number of nitrogens with one attached hydrogen (secondary N) is 1. The lowest BCUT2D eigenvalue weighted by Crippen LogP contribution is -2.25.